The number of fused-ring (bicyclic) bond motifs is 2. The molecule has 3 aromatic carbocycles. The third-order valence-electron chi connectivity index (χ3n) is 5.84. The molecule has 0 saturated carbocycles. The van der Waals surface area contributed by atoms with Gasteiger partial charge in [-0.3, -0.25) is 9.59 Å². The van der Waals surface area contributed by atoms with Crippen molar-refractivity contribution in [3.05, 3.63) is 83.4 Å². The Hall–Kier alpha value is -3.84. The Morgan fingerprint density at radius 1 is 1.06 bits per heavy atom. The Morgan fingerprint density at radius 3 is 2.66 bits per heavy atom. The lowest BCUT2D eigenvalue weighted by Gasteiger charge is -2.23. The molecule has 0 unspecified atom stereocenters. The van der Waals surface area contributed by atoms with Crippen molar-refractivity contribution in [3.63, 3.8) is 0 Å². The maximum atomic E-state index is 13.5. The molecule has 1 atom stereocenters. The summed E-state index contributed by atoms with van der Waals surface area (Å²) in [5.41, 5.74) is 0.158. The minimum Gasteiger partial charge on any atom is -0.496 e. The van der Waals surface area contributed by atoms with E-state index in [1.807, 2.05) is 12.1 Å². The number of ether oxygens (including phenoxy) is 3. The molecule has 2 heterocycles. The van der Waals surface area contributed by atoms with E-state index < -0.39 is 11.5 Å². The van der Waals surface area contributed by atoms with Gasteiger partial charge < -0.3 is 24.2 Å². The van der Waals surface area contributed by atoms with Gasteiger partial charge in [-0.15, -0.1) is 0 Å². The first-order valence-electron chi connectivity index (χ1n) is 10.2. The fourth-order valence-corrected chi connectivity index (χ4v) is 4.26. The highest BCUT2D eigenvalue weighted by molar-refractivity contribution is 6.11. The number of amides is 1. The fraction of sp³-hybridized carbons (Fsp3) is 0.200. The number of Topliss-reactive ketones (excluding diaryl/α,β-unsaturated/α-hetero) is 1. The van der Waals surface area contributed by atoms with Crippen molar-refractivity contribution >= 4 is 17.4 Å². The van der Waals surface area contributed by atoms with E-state index in [2.05, 4.69) is 0 Å². The maximum Gasteiger partial charge on any atom is 0.264 e. The predicted octanol–water partition coefficient (Wildman–Crippen LogP) is 3.43. The van der Waals surface area contributed by atoms with Crippen LogP contribution in [-0.2, 0) is 16.9 Å². The molecule has 0 bridgehead atoms. The summed E-state index contributed by atoms with van der Waals surface area (Å²) >= 11 is 0. The molecule has 0 saturated heterocycles. The number of rotatable bonds is 6. The molecule has 0 aliphatic carbocycles. The Bertz CT molecular complexity index is 1220. The number of nitrogens with zero attached hydrogens (tertiary/aromatic N) is 1. The molecule has 2 aliphatic rings. The van der Waals surface area contributed by atoms with Gasteiger partial charge in [0.05, 0.1) is 31.3 Å². The molecule has 2 aliphatic heterocycles. The van der Waals surface area contributed by atoms with Crippen molar-refractivity contribution < 1.29 is 28.9 Å². The van der Waals surface area contributed by atoms with E-state index in [1.165, 1.54) is 12.0 Å². The zero-order valence-corrected chi connectivity index (χ0v) is 17.4. The van der Waals surface area contributed by atoms with Crippen LogP contribution in [0.4, 0.5) is 5.69 Å². The van der Waals surface area contributed by atoms with Gasteiger partial charge in [0.2, 0.25) is 6.79 Å². The molecule has 0 spiro atoms. The molecule has 1 amide bonds. The molecular weight excluding hydrogens is 410 g/mol. The molecule has 32 heavy (non-hydrogen) atoms. The standard InChI is InChI=1S/C25H21NO6/c1-30-21-9-5-2-6-17(21)20(27)13-25(29)18-7-3-4-8-19(18)26(24(25)28)14-16-10-11-22-23(12-16)32-15-31-22/h2-12,29H,13-15H2,1H3/t25-/m0/s1. The van der Waals surface area contributed by atoms with Crippen LogP contribution in [0.5, 0.6) is 17.2 Å². The summed E-state index contributed by atoms with van der Waals surface area (Å²) in [6.45, 7) is 0.382. The van der Waals surface area contributed by atoms with Gasteiger partial charge >= 0.3 is 0 Å². The largest absolute Gasteiger partial charge is 0.496 e. The first-order chi connectivity index (χ1) is 15.5. The summed E-state index contributed by atoms with van der Waals surface area (Å²) in [6, 6.07) is 19.2. The number of carbonyl (C=O) groups is 2. The van der Waals surface area contributed by atoms with E-state index in [1.54, 1.807) is 54.6 Å². The third-order valence-corrected chi connectivity index (χ3v) is 5.84. The number of hydrogen-bond acceptors (Lipinski definition) is 6. The average molecular weight is 431 g/mol. The summed E-state index contributed by atoms with van der Waals surface area (Å²) < 4.78 is 16.1. The number of hydrogen-bond donors (Lipinski definition) is 1. The molecular formula is C25H21NO6. The first-order valence-corrected chi connectivity index (χ1v) is 10.2. The van der Waals surface area contributed by atoms with Crippen molar-refractivity contribution in [3.8, 4) is 17.2 Å². The number of methoxy groups -OCH3 is 1. The molecule has 0 aromatic heterocycles. The lowest BCUT2D eigenvalue weighted by Crippen LogP contribution is -2.41. The van der Waals surface area contributed by atoms with E-state index in [9.17, 15) is 14.7 Å². The first kappa shape index (κ1) is 20.1. The number of aliphatic hydroxyl groups is 1. The van der Waals surface area contributed by atoms with Gasteiger partial charge in [0, 0.05) is 5.56 Å². The minimum absolute atomic E-state index is 0.162. The fourth-order valence-electron chi connectivity index (χ4n) is 4.26. The molecule has 0 fully saturated rings. The normalized spacial score (nSPS) is 18.6. The molecule has 5 rings (SSSR count). The number of ketones is 1. The summed E-state index contributed by atoms with van der Waals surface area (Å²) in [4.78, 5) is 28.1. The Balaban J connectivity index is 1.47. The van der Waals surface area contributed by atoms with Crippen LogP contribution in [0.1, 0.15) is 27.9 Å². The zero-order chi connectivity index (χ0) is 22.3. The minimum atomic E-state index is -1.97. The molecule has 3 aromatic rings. The third kappa shape index (κ3) is 3.18. The van der Waals surface area contributed by atoms with Gasteiger partial charge in [0.25, 0.3) is 5.91 Å². The molecule has 162 valence electrons. The van der Waals surface area contributed by atoms with Crippen LogP contribution < -0.4 is 19.1 Å². The van der Waals surface area contributed by atoms with Crippen LogP contribution in [0.25, 0.3) is 0 Å². The van der Waals surface area contributed by atoms with Gasteiger partial charge in [-0.05, 0) is 35.9 Å². The van der Waals surface area contributed by atoms with E-state index in [0.717, 1.165) is 5.56 Å². The van der Waals surface area contributed by atoms with Gasteiger partial charge in [-0.25, -0.2) is 0 Å². The Labute approximate surface area is 184 Å². The van der Waals surface area contributed by atoms with Crippen molar-refractivity contribution in [1.29, 1.82) is 0 Å². The topological polar surface area (TPSA) is 85.3 Å². The van der Waals surface area contributed by atoms with E-state index in [-0.39, 0.29) is 25.5 Å². The number of carbonyl (C=O) groups excluding carboxylic acids is 2. The number of anilines is 1. The Morgan fingerprint density at radius 2 is 1.81 bits per heavy atom. The van der Waals surface area contributed by atoms with Crippen LogP contribution in [0, 0.1) is 0 Å². The summed E-state index contributed by atoms with van der Waals surface area (Å²) in [7, 11) is 1.48. The van der Waals surface area contributed by atoms with Crippen LogP contribution in [0.15, 0.2) is 66.7 Å². The van der Waals surface area contributed by atoms with Gasteiger partial charge in [0.1, 0.15) is 5.75 Å². The van der Waals surface area contributed by atoms with E-state index in [4.69, 9.17) is 14.2 Å². The van der Waals surface area contributed by atoms with Gasteiger partial charge in [-0.2, -0.15) is 0 Å². The lowest BCUT2D eigenvalue weighted by atomic mass is 9.88. The quantitative estimate of drug-likeness (QED) is 0.602. The highest BCUT2D eigenvalue weighted by atomic mass is 16.7. The molecule has 1 N–H and O–H groups in total. The highest BCUT2D eigenvalue weighted by Crippen LogP contribution is 2.44. The maximum absolute atomic E-state index is 13.5. The second-order valence-corrected chi connectivity index (χ2v) is 7.76. The summed E-state index contributed by atoms with van der Waals surface area (Å²) in [5, 5.41) is 11.5. The number of benzene rings is 3. The van der Waals surface area contributed by atoms with E-state index in [0.29, 0.717) is 34.1 Å². The van der Waals surface area contributed by atoms with E-state index >= 15 is 0 Å². The summed E-state index contributed by atoms with van der Waals surface area (Å²) in [6.07, 6.45) is -0.388. The van der Waals surface area contributed by atoms with Crippen LogP contribution in [0.2, 0.25) is 0 Å². The van der Waals surface area contributed by atoms with Crippen molar-refractivity contribution in [1.82, 2.24) is 0 Å². The van der Waals surface area contributed by atoms with Gasteiger partial charge in [-0.1, -0.05) is 36.4 Å². The number of para-hydroxylation sites is 2. The van der Waals surface area contributed by atoms with Crippen molar-refractivity contribution in [2.45, 2.75) is 18.6 Å². The van der Waals surface area contributed by atoms with Gasteiger partial charge in [0.15, 0.2) is 22.9 Å². The molecule has 7 nitrogen and oxygen atoms in total. The van der Waals surface area contributed by atoms with Crippen molar-refractivity contribution in [2.75, 3.05) is 18.8 Å². The predicted molar refractivity (Wildman–Crippen MR) is 116 cm³/mol. The van der Waals surface area contributed by atoms with Crippen LogP contribution >= 0.6 is 0 Å². The molecule has 7 heteroatoms. The smallest absolute Gasteiger partial charge is 0.264 e. The van der Waals surface area contributed by atoms with Crippen LogP contribution in [0.3, 0.4) is 0 Å². The second-order valence-electron chi connectivity index (χ2n) is 7.76. The molecule has 0 radical (unpaired) electrons. The zero-order valence-electron chi connectivity index (χ0n) is 17.4. The Kier molecular flexibility index (Phi) is 4.83. The van der Waals surface area contributed by atoms with Crippen LogP contribution in [-0.4, -0.2) is 30.7 Å². The average Bonchev–Trinajstić information content (AvgIpc) is 3.36. The second kappa shape index (κ2) is 7.69. The summed E-state index contributed by atoms with van der Waals surface area (Å²) in [5.74, 6) is 0.750. The lowest BCUT2D eigenvalue weighted by molar-refractivity contribution is -0.136. The monoisotopic (exact) mass is 431 g/mol. The van der Waals surface area contributed by atoms with Crippen molar-refractivity contribution in [2.24, 2.45) is 0 Å². The highest BCUT2D eigenvalue weighted by Gasteiger charge is 2.51. The SMILES string of the molecule is COc1ccccc1C(=O)C[C@@]1(O)C(=O)N(Cc2ccc3c(c2)OCO3)c2ccccc21.